The molecule has 0 radical (unpaired) electrons. The highest BCUT2D eigenvalue weighted by Gasteiger charge is 2.18. The highest BCUT2D eigenvalue weighted by molar-refractivity contribution is 7.89. The summed E-state index contributed by atoms with van der Waals surface area (Å²) in [4.78, 5) is 4.16. The minimum atomic E-state index is -3.57. The lowest BCUT2D eigenvalue weighted by Crippen LogP contribution is -2.32. The number of nitrogens with one attached hydrogen (secondary N) is 2. The smallest absolute Gasteiger partial charge is 0.242 e. The molecule has 0 aromatic carbocycles. The maximum atomic E-state index is 12.2. The van der Waals surface area contributed by atoms with Crippen molar-refractivity contribution < 1.29 is 8.42 Å². The highest BCUT2D eigenvalue weighted by Crippen LogP contribution is 2.22. The average molecular weight is 320 g/mol. The van der Waals surface area contributed by atoms with Crippen LogP contribution in [0.2, 0.25) is 5.02 Å². The fraction of sp³-hybridized carbons (Fsp3) is 0.615. The lowest BCUT2D eigenvalue weighted by Gasteiger charge is -2.14. The first-order chi connectivity index (χ1) is 9.40. The maximum absolute atomic E-state index is 12.2. The number of anilines is 1. The van der Waals surface area contributed by atoms with Crippen LogP contribution < -0.4 is 10.0 Å². The Morgan fingerprint density at radius 2 is 2.05 bits per heavy atom. The topological polar surface area (TPSA) is 71.1 Å². The van der Waals surface area contributed by atoms with Crippen molar-refractivity contribution in [2.75, 3.05) is 11.9 Å². The van der Waals surface area contributed by atoms with E-state index in [2.05, 4.69) is 15.0 Å². The van der Waals surface area contributed by atoms with Gasteiger partial charge in [-0.25, -0.2) is 18.1 Å². The summed E-state index contributed by atoms with van der Waals surface area (Å²) in [6.45, 7) is 6.62. The number of pyridine rings is 1. The molecule has 1 unspecified atom stereocenters. The third kappa shape index (κ3) is 4.92. The van der Waals surface area contributed by atoms with Crippen LogP contribution in [-0.4, -0.2) is 26.0 Å². The van der Waals surface area contributed by atoms with Gasteiger partial charge in [-0.1, -0.05) is 31.9 Å². The third-order valence-electron chi connectivity index (χ3n) is 2.75. The number of rotatable bonds is 8. The molecule has 5 nitrogen and oxygen atoms in total. The Bertz CT molecular complexity index is 534. The molecule has 114 valence electrons. The van der Waals surface area contributed by atoms with Crippen molar-refractivity contribution in [2.45, 2.75) is 51.0 Å². The van der Waals surface area contributed by atoms with Gasteiger partial charge in [0.25, 0.3) is 0 Å². The van der Waals surface area contributed by atoms with Crippen molar-refractivity contribution >= 4 is 27.4 Å². The maximum Gasteiger partial charge on any atom is 0.242 e. The first-order valence-corrected chi connectivity index (χ1v) is 8.68. The zero-order chi connectivity index (χ0) is 15.2. The second-order valence-electron chi connectivity index (χ2n) is 4.74. The zero-order valence-electron chi connectivity index (χ0n) is 12.1. The van der Waals surface area contributed by atoms with E-state index in [4.69, 9.17) is 11.6 Å². The number of nitrogens with zero attached hydrogens (tertiary/aromatic N) is 1. The molecule has 1 aromatic rings. The van der Waals surface area contributed by atoms with Crippen LogP contribution in [0.5, 0.6) is 0 Å². The highest BCUT2D eigenvalue weighted by atomic mass is 35.5. The van der Waals surface area contributed by atoms with E-state index in [1.807, 2.05) is 20.8 Å². The third-order valence-corrected chi connectivity index (χ3v) is 4.59. The van der Waals surface area contributed by atoms with Crippen LogP contribution in [0.4, 0.5) is 5.82 Å². The van der Waals surface area contributed by atoms with E-state index in [9.17, 15) is 8.42 Å². The van der Waals surface area contributed by atoms with Crippen molar-refractivity contribution in [2.24, 2.45) is 0 Å². The van der Waals surface area contributed by atoms with Crippen LogP contribution in [0, 0.1) is 0 Å². The molecule has 20 heavy (non-hydrogen) atoms. The van der Waals surface area contributed by atoms with Crippen molar-refractivity contribution in [3.05, 3.63) is 17.3 Å². The summed E-state index contributed by atoms with van der Waals surface area (Å²) in [5.74, 6) is 0.508. The Balaban J connectivity index is 2.88. The van der Waals surface area contributed by atoms with Crippen molar-refractivity contribution in [3.63, 3.8) is 0 Å². The van der Waals surface area contributed by atoms with Gasteiger partial charge < -0.3 is 5.32 Å². The summed E-state index contributed by atoms with van der Waals surface area (Å²) in [5.41, 5.74) is 0. The molecular formula is C13H22ClN3O2S. The van der Waals surface area contributed by atoms with E-state index in [0.717, 1.165) is 25.8 Å². The molecule has 0 aliphatic carbocycles. The number of sulfonamides is 1. The van der Waals surface area contributed by atoms with Gasteiger partial charge in [-0.3, -0.25) is 0 Å². The predicted octanol–water partition coefficient (Wildman–Crippen LogP) is 3.02. The number of halogens is 1. The average Bonchev–Trinajstić information content (AvgIpc) is 2.36. The lowest BCUT2D eigenvalue weighted by atomic mass is 10.2. The van der Waals surface area contributed by atoms with E-state index in [-0.39, 0.29) is 10.9 Å². The monoisotopic (exact) mass is 319 g/mol. The molecule has 1 heterocycles. The van der Waals surface area contributed by atoms with Crippen molar-refractivity contribution in [1.29, 1.82) is 0 Å². The van der Waals surface area contributed by atoms with Gasteiger partial charge in [0, 0.05) is 18.8 Å². The molecule has 1 rings (SSSR count). The van der Waals surface area contributed by atoms with E-state index in [1.54, 1.807) is 0 Å². The van der Waals surface area contributed by atoms with Crippen LogP contribution in [0.25, 0.3) is 0 Å². The summed E-state index contributed by atoms with van der Waals surface area (Å²) in [6, 6.07) is 1.31. The number of hydrogen-bond acceptors (Lipinski definition) is 4. The largest absolute Gasteiger partial charge is 0.369 e. The zero-order valence-corrected chi connectivity index (χ0v) is 13.7. The van der Waals surface area contributed by atoms with Gasteiger partial charge in [0.2, 0.25) is 10.0 Å². The van der Waals surface area contributed by atoms with Crippen LogP contribution in [0.3, 0.4) is 0 Å². The van der Waals surface area contributed by atoms with E-state index in [1.165, 1.54) is 12.3 Å². The summed E-state index contributed by atoms with van der Waals surface area (Å²) in [7, 11) is -3.57. The van der Waals surface area contributed by atoms with Gasteiger partial charge in [0.15, 0.2) is 0 Å². The molecule has 7 heteroatoms. The van der Waals surface area contributed by atoms with Crippen molar-refractivity contribution in [1.82, 2.24) is 9.71 Å². The molecule has 0 spiro atoms. The Labute approximate surface area is 126 Å². The van der Waals surface area contributed by atoms with Crippen LogP contribution in [0.15, 0.2) is 17.2 Å². The predicted molar refractivity (Wildman–Crippen MR) is 82.7 cm³/mol. The molecule has 0 saturated carbocycles. The minimum Gasteiger partial charge on any atom is -0.369 e. The quantitative estimate of drug-likeness (QED) is 0.772. The Kier molecular flexibility index (Phi) is 6.71. The standard InChI is InChI=1S/C13H22ClN3O2S/c1-4-6-10(3)17-20(18,19)11-8-12(14)13(16-9-11)15-7-5-2/h8-10,17H,4-7H2,1-3H3,(H,15,16). The molecule has 0 amide bonds. The normalized spacial score (nSPS) is 13.2. The fourth-order valence-corrected chi connectivity index (χ4v) is 3.31. The van der Waals surface area contributed by atoms with Crippen LogP contribution >= 0.6 is 11.6 Å². The molecule has 2 N–H and O–H groups in total. The number of hydrogen-bond donors (Lipinski definition) is 2. The SMILES string of the molecule is CCCNc1ncc(S(=O)(=O)NC(C)CCC)cc1Cl. The summed E-state index contributed by atoms with van der Waals surface area (Å²) >= 11 is 6.05. The lowest BCUT2D eigenvalue weighted by molar-refractivity contribution is 0.543. The minimum absolute atomic E-state index is 0.0903. The van der Waals surface area contributed by atoms with Gasteiger partial charge >= 0.3 is 0 Å². The Hall–Kier alpha value is -0.850. The van der Waals surface area contributed by atoms with Gasteiger partial charge in [-0.05, 0) is 25.8 Å². The van der Waals surface area contributed by atoms with Gasteiger partial charge in [-0.15, -0.1) is 0 Å². The molecule has 0 aliphatic heterocycles. The van der Waals surface area contributed by atoms with Crippen molar-refractivity contribution in [3.8, 4) is 0 Å². The second-order valence-corrected chi connectivity index (χ2v) is 6.86. The van der Waals surface area contributed by atoms with Crippen LogP contribution in [-0.2, 0) is 10.0 Å². The molecular weight excluding hydrogens is 298 g/mol. The molecule has 1 atom stereocenters. The van der Waals surface area contributed by atoms with E-state index < -0.39 is 10.0 Å². The van der Waals surface area contributed by atoms with Gasteiger partial charge in [0.1, 0.15) is 10.7 Å². The van der Waals surface area contributed by atoms with E-state index >= 15 is 0 Å². The summed E-state index contributed by atoms with van der Waals surface area (Å²) in [6.07, 6.45) is 3.97. The van der Waals surface area contributed by atoms with Gasteiger partial charge in [0.05, 0.1) is 5.02 Å². The second kappa shape index (κ2) is 7.81. The Morgan fingerprint density at radius 3 is 2.60 bits per heavy atom. The molecule has 0 bridgehead atoms. The first kappa shape index (κ1) is 17.2. The molecule has 1 aromatic heterocycles. The molecule has 0 fully saturated rings. The number of aromatic nitrogens is 1. The summed E-state index contributed by atoms with van der Waals surface area (Å²) in [5, 5.41) is 3.35. The first-order valence-electron chi connectivity index (χ1n) is 6.82. The molecule has 0 saturated heterocycles. The fourth-order valence-electron chi connectivity index (χ4n) is 1.77. The Morgan fingerprint density at radius 1 is 1.35 bits per heavy atom. The van der Waals surface area contributed by atoms with E-state index in [0.29, 0.717) is 10.8 Å². The molecule has 0 aliphatic rings. The van der Waals surface area contributed by atoms with Crippen LogP contribution in [0.1, 0.15) is 40.0 Å². The summed E-state index contributed by atoms with van der Waals surface area (Å²) < 4.78 is 26.9. The van der Waals surface area contributed by atoms with Gasteiger partial charge in [-0.2, -0.15) is 0 Å².